The van der Waals surface area contributed by atoms with Crippen LogP contribution in [0, 0.1) is 6.92 Å². The molecule has 0 unspecified atom stereocenters. The molecule has 0 spiro atoms. The van der Waals surface area contributed by atoms with Crippen LogP contribution in [-0.4, -0.2) is 35.0 Å². The van der Waals surface area contributed by atoms with Gasteiger partial charge in [-0.15, -0.1) is 0 Å². The number of rotatable bonds is 4. The smallest absolute Gasteiger partial charge is 0.253 e. The van der Waals surface area contributed by atoms with Crippen molar-refractivity contribution in [2.24, 2.45) is 0 Å². The molecule has 0 saturated heterocycles. The van der Waals surface area contributed by atoms with Crippen molar-refractivity contribution in [3.63, 3.8) is 0 Å². The first-order valence-electron chi connectivity index (χ1n) is 6.11. The minimum absolute atomic E-state index is 0.0861. The first-order chi connectivity index (χ1) is 9.47. The van der Waals surface area contributed by atoms with E-state index in [2.05, 4.69) is 15.5 Å². The zero-order chi connectivity index (χ0) is 14.7. The topological polar surface area (TPSA) is 97.3 Å². The molecule has 7 nitrogen and oxygen atoms in total. The number of amides is 1. The fourth-order valence-corrected chi connectivity index (χ4v) is 1.70. The van der Waals surface area contributed by atoms with Crippen LogP contribution < -0.4 is 11.1 Å². The Balaban J connectivity index is 2.08. The van der Waals surface area contributed by atoms with Crippen molar-refractivity contribution >= 4 is 17.3 Å². The summed E-state index contributed by atoms with van der Waals surface area (Å²) in [6.45, 7) is 2.13. The molecule has 106 valence electrons. The predicted octanol–water partition coefficient (Wildman–Crippen LogP) is 1.27. The van der Waals surface area contributed by atoms with Gasteiger partial charge in [-0.25, -0.2) is 0 Å². The van der Waals surface area contributed by atoms with Crippen molar-refractivity contribution in [3.8, 4) is 0 Å². The van der Waals surface area contributed by atoms with Gasteiger partial charge in [0.05, 0.1) is 17.9 Å². The second-order valence-electron chi connectivity index (χ2n) is 4.58. The lowest BCUT2D eigenvalue weighted by Gasteiger charge is -2.12. The SMILES string of the molecule is Cc1nc(CNc2ccc(C(=O)N(C)C)cc2N)no1. The van der Waals surface area contributed by atoms with E-state index in [4.69, 9.17) is 10.3 Å². The van der Waals surface area contributed by atoms with Gasteiger partial charge in [-0.05, 0) is 18.2 Å². The van der Waals surface area contributed by atoms with E-state index in [0.29, 0.717) is 29.5 Å². The Morgan fingerprint density at radius 3 is 2.75 bits per heavy atom. The summed E-state index contributed by atoms with van der Waals surface area (Å²) in [5, 5.41) is 6.88. The highest BCUT2D eigenvalue weighted by molar-refractivity contribution is 5.95. The lowest BCUT2D eigenvalue weighted by atomic mass is 10.1. The lowest BCUT2D eigenvalue weighted by molar-refractivity contribution is 0.0827. The number of aromatic nitrogens is 2. The summed E-state index contributed by atoms with van der Waals surface area (Å²) in [6, 6.07) is 5.13. The number of carbonyl (C=O) groups excluding carboxylic acids is 1. The van der Waals surface area contributed by atoms with Crippen molar-refractivity contribution in [1.29, 1.82) is 0 Å². The Kier molecular flexibility index (Phi) is 3.88. The van der Waals surface area contributed by atoms with E-state index in [1.165, 1.54) is 4.90 Å². The molecule has 0 saturated carbocycles. The molecule has 0 aliphatic carbocycles. The summed E-state index contributed by atoms with van der Waals surface area (Å²) in [5.74, 6) is 0.981. The van der Waals surface area contributed by atoms with Gasteiger partial charge in [-0.3, -0.25) is 4.79 Å². The summed E-state index contributed by atoms with van der Waals surface area (Å²) < 4.78 is 4.88. The Hall–Kier alpha value is -2.57. The molecular formula is C13H17N5O2. The molecule has 1 aromatic heterocycles. The Labute approximate surface area is 116 Å². The van der Waals surface area contributed by atoms with Crippen LogP contribution in [0.2, 0.25) is 0 Å². The number of hydrogen-bond acceptors (Lipinski definition) is 6. The normalized spacial score (nSPS) is 10.3. The molecule has 0 atom stereocenters. The van der Waals surface area contributed by atoms with Crippen molar-refractivity contribution in [2.45, 2.75) is 13.5 Å². The third-order valence-corrected chi connectivity index (χ3v) is 2.71. The molecule has 0 bridgehead atoms. The number of aryl methyl sites for hydroxylation is 1. The first-order valence-corrected chi connectivity index (χ1v) is 6.11. The van der Waals surface area contributed by atoms with Crippen LogP contribution in [-0.2, 0) is 6.54 Å². The number of nitrogens with one attached hydrogen (secondary N) is 1. The quantitative estimate of drug-likeness (QED) is 0.816. The van der Waals surface area contributed by atoms with Crippen LogP contribution in [0.3, 0.4) is 0 Å². The number of nitrogens with two attached hydrogens (primary N) is 1. The summed E-state index contributed by atoms with van der Waals surface area (Å²) in [5.41, 5.74) is 7.70. The maximum atomic E-state index is 11.8. The highest BCUT2D eigenvalue weighted by atomic mass is 16.5. The third kappa shape index (κ3) is 3.05. The van der Waals surface area contributed by atoms with Gasteiger partial charge in [0, 0.05) is 26.6 Å². The first kappa shape index (κ1) is 13.9. The molecule has 0 radical (unpaired) electrons. The molecule has 1 heterocycles. The van der Waals surface area contributed by atoms with Gasteiger partial charge < -0.3 is 20.5 Å². The predicted molar refractivity (Wildman–Crippen MR) is 75.2 cm³/mol. The van der Waals surface area contributed by atoms with Crippen LogP contribution in [0.1, 0.15) is 22.1 Å². The monoisotopic (exact) mass is 275 g/mol. The number of nitrogen functional groups attached to an aromatic ring is 1. The zero-order valence-electron chi connectivity index (χ0n) is 11.7. The van der Waals surface area contributed by atoms with Gasteiger partial charge in [0.15, 0.2) is 5.82 Å². The van der Waals surface area contributed by atoms with Gasteiger partial charge in [0.2, 0.25) is 5.89 Å². The second-order valence-corrected chi connectivity index (χ2v) is 4.58. The molecule has 0 fully saturated rings. The fourth-order valence-electron chi connectivity index (χ4n) is 1.70. The highest BCUT2D eigenvalue weighted by Gasteiger charge is 2.10. The van der Waals surface area contributed by atoms with E-state index in [9.17, 15) is 4.79 Å². The lowest BCUT2D eigenvalue weighted by Crippen LogP contribution is -2.21. The second kappa shape index (κ2) is 5.60. The van der Waals surface area contributed by atoms with Crippen molar-refractivity contribution in [1.82, 2.24) is 15.0 Å². The van der Waals surface area contributed by atoms with Gasteiger partial charge in [-0.1, -0.05) is 5.16 Å². The van der Waals surface area contributed by atoms with Gasteiger partial charge in [-0.2, -0.15) is 4.98 Å². The number of carbonyl (C=O) groups is 1. The maximum absolute atomic E-state index is 11.8. The Bertz CT molecular complexity index is 621. The van der Waals surface area contributed by atoms with Gasteiger partial charge >= 0.3 is 0 Å². The molecule has 2 rings (SSSR count). The van der Waals surface area contributed by atoms with Crippen LogP contribution in [0.25, 0.3) is 0 Å². The van der Waals surface area contributed by atoms with Crippen LogP contribution >= 0.6 is 0 Å². The molecule has 0 aliphatic rings. The number of nitrogens with zero attached hydrogens (tertiary/aromatic N) is 3. The van der Waals surface area contributed by atoms with Crippen molar-refractivity contribution in [2.75, 3.05) is 25.1 Å². The van der Waals surface area contributed by atoms with E-state index in [1.54, 1.807) is 39.2 Å². The van der Waals surface area contributed by atoms with Crippen LogP contribution in [0.15, 0.2) is 22.7 Å². The average Bonchev–Trinajstić information content (AvgIpc) is 2.82. The molecule has 1 aromatic carbocycles. The molecule has 3 N–H and O–H groups in total. The highest BCUT2D eigenvalue weighted by Crippen LogP contribution is 2.21. The Morgan fingerprint density at radius 1 is 1.45 bits per heavy atom. The fraction of sp³-hybridized carbons (Fsp3) is 0.308. The van der Waals surface area contributed by atoms with E-state index in [-0.39, 0.29) is 5.91 Å². The van der Waals surface area contributed by atoms with Crippen molar-refractivity contribution < 1.29 is 9.32 Å². The van der Waals surface area contributed by atoms with E-state index in [0.717, 1.165) is 5.69 Å². The molecule has 0 aliphatic heterocycles. The minimum Gasteiger partial charge on any atom is -0.397 e. The molecule has 20 heavy (non-hydrogen) atoms. The maximum Gasteiger partial charge on any atom is 0.253 e. The summed E-state index contributed by atoms with van der Waals surface area (Å²) in [6.07, 6.45) is 0. The summed E-state index contributed by atoms with van der Waals surface area (Å²) in [7, 11) is 3.40. The number of anilines is 2. The minimum atomic E-state index is -0.0861. The number of hydrogen-bond donors (Lipinski definition) is 2. The number of benzene rings is 1. The van der Waals surface area contributed by atoms with Crippen molar-refractivity contribution in [3.05, 3.63) is 35.5 Å². The van der Waals surface area contributed by atoms with E-state index >= 15 is 0 Å². The summed E-state index contributed by atoms with van der Waals surface area (Å²) >= 11 is 0. The third-order valence-electron chi connectivity index (χ3n) is 2.71. The largest absolute Gasteiger partial charge is 0.397 e. The molecule has 2 aromatic rings. The summed E-state index contributed by atoms with van der Waals surface area (Å²) in [4.78, 5) is 17.4. The van der Waals surface area contributed by atoms with Crippen LogP contribution in [0.5, 0.6) is 0 Å². The van der Waals surface area contributed by atoms with E-state index < -0.39 is 0 Å². The average molecular weight is 275 g/mol. The van der Waals surface area contributed by atoms with Gasteiger partial charge in [0.1, 0.15) is 0 Å². The Morgan fingerprint density at radius 2 is 2.20 bits per heavy atom. The zero-order valence-corrected chi connectivity index (χ0v) is 11.7. The standard InChI is InChI=1S/C13H17N5O2/c1-8-16-12(17-20-8)7-15-11-5-4-9(6-10(11)14)13(19)18(2)3/h4-6,15H,7,14H2,1-3H3. The van der Waals surface area contributed by atoms with Gasteiger partial charge in [0.25, 0.3) is 5.91 Å². The molecule has 1 amide bonds. The van der Waals surface area contributed by atoms with Crippen LogP contribution in [0.4, 0.5) is 11.4 Å². The molecule has 7 heteroatoms. The molecular weight excluding hydrogens is 258 g/mol. The van der Waals surface area contributed by atoms with E-state index in [1.807, 2.05) is 0 Å².